The minimum atomic E-state index is 0.510. The summed E-state index contributed by atoms with van der Waals surface area (Å²) in [5.74, 6) is 1.13. The van der Waals surface area contributed by atoms with Gasteiger partial charge in [0.05, 0.1) is 0 Å². The molecule has 1 atom stereocenters. The molecule has 0 saturated carbocycles. The molecular weight excluding hydrogens is 384 g/mol. The number of unbranched alkanes of at least 4 members (excludes halogenated alkanes) is 1. The number of aryl methyl sites for hydroxylation is 1. The van der Waals surface area contributed by atoms with E-state index < -0.39 is 0 Å². The molecule has 0 radical (unpaired) electrons. The summed E-state index contributed by atoms with van der Waals surface area (Å²) in [6.45, 7) is 28.3. The average Bonchev–Trinajstić information content (AvgIpc) is 2.87. The molecule has 0 amide bonds. The zero-order valence-electron chi connectivity index (χ0n) is 22.4. The van der Waals surface area contributed by atoms with Crippen LogP contribution in [0.25, 0.3) is 0 Å². The van der Waals surface area contributed by atoms with Gasteiger partial charge >= 0.3 is 0 Å². The summed E-state index contributed by atoms with van der Waals surface area (Å²) in [6.07, 6.45) is 9.95. The molecule has 180 valence electrons. The van der Waals surface area contributed by atoms with Crippen molar-refractivity contribution in [1.82, 2.24) is 0 Å². The molecule has 0 nitrogen and oxygen atoms in total. The molecule has 0 saturated heterocycles. The molecule has 32 heavy (non-hydrogen) atoms. The van der Waals surface area contributed by atoms with Crippen LogP contribution in [0.1, 0.15) is 103 Å². The zero-order valence-corrected chi connectivity index (χ0v) is 22.4. The van der Waals surface area contributed by atoms with Crippen LogP contribution in [-0.2, 0) is 6.42 Å². The molecule has 0 aliphatic carbocycles. The highest BCUT2D eigenvalue weighted by Gasteiger charge is 2.05. The molecule has 0 aromatic heterocycles. The van der Waals surface area contributed by atoms with Crippen molar-refractivity contribution in [3.8, 4) is 0 Å². The van der Waals surface area contributed by atoms with Crippen molar-refractivity contribution in [3.63, 3.8) is 0 Å². The third-order valence-corrected chi connectivity index (χ3v) is 4.71. The molecule has 0 N–H and O–H groups in total. The maximum Gasteiger partial charge on any atom is 0.00126 e. The Labute approximate surface area is 202 Å². The number of hydrogen-bond donors (Lipinski definition) is 0. The van der Waals surface area contributed by atoms with E-state index in [1.165, 1.54) is 36.0 Å². The van der Waals surface area contributed by atoms with E-state index in [-0.39, 0.29) is 0 Å². The third-order valence-electron chi connectivity index (χ3n) is 4.71. The van der Waals surface area contributed by atoms with E-state index in [0.29, 0.717) is 11.8 Å². The van der Waals surface area contributed by atoms with E-state index in [4.69, 9.17) is 0 Å². The molecular formula is C32H52. The molecule has 0 bridgehead atoms. The molecule has 0 heterocycles. The van der Waals surface area contributed by atoms with Gasteiger partial charge < -0.3 is 0 Å². The second-order valence-electron chi connectivity index (χ2n) is 7.36. The van der Waals surface area contributed by atoms with E-state index in [2.05, 4.69) is 116 Å². The third kappa shape index (κ3) is 18.4. The summed E-state index contributed by atoms with van der Waals surface area (Å²) in [5.41, 5.74) is 4.25. The van der Waals surface area contributed by atoms with E-state index in [0.717, 1.165) is 12.8 Å². The standard InChI is InChI=1S/C14H20.C10H14.C4H8.C2H6.C2H4/c1-5-12(6-2)14-9-7-13(8-10-14)11(3)4;1-2-3-7-10-8-5-4-6-9-10;1-3-4-2;2*1-2/h5,7-12H,1,6H2,2-4H3;4-6,8-9H,2-3,7H2,1H3;3H,1,4H2,2H3;1-2H3;1-2H2. The first kappa shape index (κ1) is 34.3. The van der Waals surface area contributed by atoms with Crippen molar-refractivity contribution >= 4 is 0 Å². The molecule has 0 heteroatoms. The van der Waals surface area contributed by atoms with Crippen molar-refractivity contribution in [2.24, 2.45) is 0 Å². The summed E-state index contributed by atoms with van der Waals surface area (Å²) < 4.78 is 0. The minimum Gasteiger partial charge on any atom is -0.106 e. The zero-order chi connectivity index (χ0) is 25.2. The first-order valence-corrected chi connectivity index (χ1v) is 12.4. The lowest BCUT2D eigenvalue weighted by molar-refractivity contribution is 0.795. The van der Waals surface area contributed by atoms with Crippen molar-refractivity contribution < 1.29 is 0 Å². The van der Waals surface area contributed by atoms with Crippen molar-refractivity contribution in [2.45, 2.75) is 92.4 Å². The maximum atomic E-state index is 3.87. The van der Waals surface area contributed by atoms with Crippen molar-refractivity contribution in [1.29, 1.82) is 0 Å². The molecule has 0 aliphatic rings. The van der Waals surface area contributed by atoms with Gasteiger partial charge in [-0.2, -0.15) is 0 Å². The molecule has 2 aromatic rings. The van der Waals surface area contributed by atoms with E-state index in [9.17, 15) is 0 Å². The van der Waals surface area contributed by atoms with Gasteiger partial charge in [0.1, 0.15) is 0 Å². The van der Waals surface area contributed by atoms with Crippen LogP contribution in [0.3, 0.4) is 0 Å². The van der Waals surface area contributed by atoms with Crippen LogP contribution in [-0.4, -0.2) is 0 Å². The Kier molecular flexibility index (Phi) is 28.6. The predicted octanol–water partition coefficient (Wildman–Crippen LogP) is 10.9. The lowest BCUT2D eigenvalue weighted by atomic mass is 9.94. The van der Waals surface area contributed by atoms with Gasteiger partial charge in [0.25, 0.3) is 0 Å². The van der Waals surface area contributed by atoms with Gasteiger partial charge in [-0.05, 0) is 48.3 Å². The van der Waals surface area contributed by atoms with Crippen LogP contribution in [0, 0.1) is 0 Å². The maximum absolute atomic E-state index is 3.87. The number of hydrogen-bond acceptors (Lipinski definition) is 0. The average molecular weight is 437 g/mol. The highest BCUT2D eigenvalue weighted by atomic mass is 14.1. The summed E-state index contributed by atoms with van der Waals surface area (Å²) in [5, 5.41) is 0. The second-order valence-corrected chi connectivity index (χ2v) is 7.36. The van der Waals surface area contributed by atoms with E-state index >= 15 is 0 Å². The fourth-order valence-electron chi connectivity index (χ4n) is 2.69. The topological polar surface area (TPSA) is 0 Å². The molecule has 1 unspecified atom stereocenters. The largest absolute Gasteiger partial charge is 0.106 e. The van der Waals surface area contributed by atoms with Crippen LogP contribution >= 0.6 is 0 Å². The number of allylic oxidation sites excluding steroid dienone is 2. The van der Waals surface area contributed by atoms with Gasteiger partial charge in [0.2, 0.25) is 0 Å². The van der Waals surface area contributed by atoms with Gasteiger partial charge in [-0.3, -0.25) is 0 Å². The lowest BCUT2D eigenvalue weighted by Gasteiger charge is -2.12. The summed E-state index contributed by atoms with van der Waals surface area (Å²) >= 11 is 0. The van der Waals surface area contributed by atoms with Crippen LogP contribution in [0.2, 0.25) is 0 Å². The second kappa shape index (κ2) is 26.7. The molecule has 0 aliphatic heterocycles. The van der Waals surface area contributed by atoms with Gasteiger partial charge in [-0.1, -0.05) is 122 Å². The number of rotatable bonds is 8. The summed E-state index contributed by atoms with van der Waals surface area (Å²) in [4.78, 5) is 0. The SMILES string of the molecule is C=C.C=CC(CC)c1ccc(C(C)C)cc1.C=CCC.CC.CCCCc1ccccc1. The molecule has 0 fully saturated rings. The van der Waals surface area contributed by atoms with Gasteiger partial charge in [0, 0.05) is 5.92 Å². The summed E-state index contributed by atoms with van der Waals surface area (Å²) in [7, 11) is 0. The van der Waals surface area contributed by atoms with E-state index in [1.807, 2.05) is 26.0 Å². The Bertz CT molecular complexity index is 619. The predicted molar refractivity (Wildman–Crippen MR) is 152 cm³/mol. The molecule has 0 spiro atoms. The molecule has 2 aromatic carbocycles. The van der Waals surface area contributed by atoms with Crippen LogP contribution in [0.5, 0.6) is 0 Å². The Morgan fingerprint density at radius 1 is 0.781 bits per heavy atom. The Morgan fingerprint density at radius 2 is 1.25 bits per heavy atom. The van der Waals surface area contributed by atoms with Crippen molar-refractivity contribution in [2.75, 3.05) is 0 Å². The van der Waals surface area contributed by atoms with Gasteiger partial charge in [0.15, 0.2) is 0 Å². The lowest BCUT2D eigenvalue weighted by Crippen LogP contribution is -1.94. The molecule has 2 rings (SSSR count). The van der Waals surface area contributed by atoms with Crippen LogP contribution in [0.15, 0.2) is 93.1 Å². The monoisotopic (exact) mass is 436 g/mol. The number of benzene rings is 2. The Balaban J connectivity index is -0.000000408. The minimum absolute atomic E-state index is 0.510. The quantitative estimate of drug-likeness (QED) is 0.361. The Hall–Kier alpha value is -2.34. The normalized spacial score (nSPS) is 9.75. The van der Waals surface area contributed by atoms with Crippen LogP contribution < -0.4 is 0 Å². The summed E-state index contributed by atoms with van der Waals surface area (Å²) in [6, 6.07) is 19.6. The van der Waals surface area contributed by atoms with Gasteiger partial charge in [-0.15, -0.1) is 26.3 Å². The Morgan fingerprint density at radius 3 is 1.59 bits per heavy atom. The van der Waals surface area contributed by atoms with Crippen LogP contribution in [0.4, 0.5) is 0 Å². The highest BCUT2D eigenvalue weighted by molar-refractivity contribution is 5.29. The fraction of sp³-hybridized carbons (Fsp3) is 0.438. The smallest absolute Gasteiger partial charge is 0.00126 e. The van der Waals surface area contributed by atoms with Crippen molar-refractivity contribution in [3.05, 3.63) is 110 Å². The van der Waals surface area contributed by atoms with Gasteiger partial charge in [-0.25, -0.2) is 0 Å². The first-order chi connectivity index (χ1) is 15.5. The highest BCUT2D eigenvalue weighted by Crippen LogP contribution is 2.22. The first-order valence-electron chi connectivity index (χ1n) is 12.4. The van der Waals surface area contributed by atoms with E-state index in [1.54, 1.807) is 0 Å². The fourth-order valence-corrected chi connectivity index (χ4v) is 2.69.